The molecule has 2 fully saturated rings. The number of carbonyl (C=O) groups excluding carboxylic acids is 2. The highest BCUT2D eigenvalue weighted by Crippen LogP contribution is 2.57. The molecule has 27 heavy (non-hydrogen) atoms. The van der Waals surface area contributed by atoms with Crippen LogP contribution in [-0.2, 0) is 22.7 Å². The third-order valence-corrected chi connectivity index (χ3v) is 6.82. The van der Waals surface area contributed by atoms with Crippen LogP contribution in [0.4, 0.5) is 0 Å². The molecule has 1 aliphatic heterocycles. The zero-order valence-corrected chi connectivity index (χ0v) is 16.5. The summed E-state index contributed by atoms with van der Waals surface area (Å²) in [4.78, 5) is 28.7. The molecule has 2 amide bonds. The number of hydrogen-bond acceptors (Lipinski definition) is 4. The molecular formula is C20H26N4O2S. The first-order valence-electron chi connectivity index (χ1n) is 9.61. The summed E-state index contributed by atoms with van der Waals surface area (Å²) in [6.45, 7) is 4.62. The SMILES string of the molecule is CC(=O)N(Cc1ccsc1)C1CC12CCN(C(=O)CCn1cccn1)CC2. The highest BCUT2D eigenvalue weighted by Gasteiger charge is 2.58. The fourth-order valence-electron chi connectivity index (χ4n) is 4.33. The van der Waals surface area contributed by atoms with Crippen molar-refractivity contribution in [1.29, 1.82) is 0 Å². The number of hydrogen-bond donors (Lipinski definition) is 0. The summed E-state index contributed by atoms with van der Waals surface area (Å²) in [6.07, 6.45) is 7.19. The molecule has 0 aromatic carbocycles. The predicted molar refractivity (Wildman–Crippen MR) is 104 cm³/mol. The van der Waals surface area contributed by atoms with E-state index in [0.29, 0.717) is 25.6 Å². The van der Waals surface area contributed by atoms with Crippen molar-refractivity contribution in [3.8, 4) is 0 Å². The normalized spacial score (nSPS) is 20.6. The molecule has 4 rings (SSSR count). The number of aryl methyl sites for hydroxylation is 1. The Morgan fingerprint density at radius 3 is 2.81 bits per heavy atom. The smallest absolute Gasteiger partial charge is 0.224 e. The lowest BCUT2D eigenvalue weighted by atomic mass is 9.92. The predicted octanol–water partition coefficient (Wildman–Crippen LogP) is 2.76. The van der Waals surface area contributed by atoms with Crippen molar-refractivity contribution < 1.29 is 9.59 Å². The Bertz CT molecular complexity index is 779. The first-order chi connectivity index (χ1) is 13.1. The van der Waals surface area contributed by atoms with E-state index in [-0.39, 0.29) is 17.2 Å². The van der Waals surface area contributed by atoms with Crippen LogP contribution in [-0.4, -0.2) is 50.5 Å². The second-order valence-corrected chi connectivity index (χ2v) is 8.54. The molecule has 0 bridgehead atoms. The van der Waals surface area contributed by atoms with Gasteiger partial charge in [0.15, 0.2) is 0 Å². The molecule has 2 aliphatic rings. The van der Waals surface area contributed by atoms with Crippen LogP contribution in [0.5, 0.6) is 0 Å². The molecule has 0 radical (unpaired) electrons. The van der Waals surface area contributed by atoms with E-state index in [1.807, 2.05) is 22.1 Å². The number of rotatable bonds is 6. The Labute approximate surface area is 163 Å². The maximum Gasteiger partial charge on any atom is 0.224 e. The molecule has 3 heterocycles. The van der Waals surface area contributed by atoms with Gasteiger partial charge in [-0.15, -0.1) is 0 Å². The summed E-state index contributed by atoms with van der Waals surface area (Å²) in [7, 11) is 0. The van der Waals surface area contributed by atoms with Gasteiger partial charge >= 0.3 is 0 Å². The molecule has 144 valence electrons. The van der Waals surface area contributed by atoms with Gasteiger partial charge in [0.25, 0.3) is 0 Å². The number of piperidine rings is 1. The molecule has 1 aliphatic carbocycles. The Morgan fingerprint density at radius 1 is 1.37 bits per heavy atom. The Balaban J connectivity index is 1.29. The second kappa shape index (κ2) is 7.46. The van der Waals surface area contributed by atoms with Gasteiger partial charge in [-0.05, 0) is 53.1 Å². The quantitative estimate of drug-likeness (QED) is 0.767. The van der Waals surface area contributed by atoms with E-state index >= 15 is 0 Å². The molecule has 1 unspecified atom stereocenters. The highest BCUT2D eigenvalue weighted by atomic mass is 32.1. The van der Waals surface area contributed by atoms with Gasteiger partial charge in [-0.2, -0.15) is 16.4 Å². The van der Waals surface area contributed by atoms with Gasteiger partial charge in [0.1, 0.15) is 0 Å². The minimum absolute atomic E-state index is 0.154. The van der Waals surface area contributed by atoms with Crippen molar-refractivity contribution in [3.63, 3.8) is 0 Å². The average molecular weight is 387 g/mol. The van der Waals surface area contributed by atoms with E-state index in [0.717, 1.165) is 32.4 Å². The van der Waals surface area contributed by atoms with Gasteiger partial charge in [-0.3, -0.25) is 14.3 Å². The molecule has 0 N–H and O–H groups in total. The van der Waals surface area contributed by atoms with E-state index in [1.54, 1.807) is 29.1 Å². The average Bonchev–Trinajstić information content (AvgIpc) is 3.08. The minimum atomic E-state index is 0.154. The third-order valence-electron chi connectivity index (χ3n) is 6.09. The van der Waals surface area contributed by atoms with Crippen molar-refractivity contribution >= 4 is 23.2 Å². The number of aromatic nitrogens is 2. The fraction of sp³-hybridized carbons (Fsp3) is 0.550. The van der Waals surface area contributed by atoms with Crippen molar-refractivity contribution in [3.05, 3.63) is 40.8 Å². The van der Waals surface area contributed by atoms with Crippen LogP contribution < -0.4 is 0 Å². The van der Waals surface area contributed by atoms with E-state index < -0.39 is 0 Å². The summed E-state index contributed by atoms with van der Waals surface area (Å²) in [5, 5.41) is 8.33. The fourth-order valence-corrected chi connectivity index (χ4v) is 4.99. The third kappa shape index (κ3) is 3.93. The number of carbonyl (C=O) groups is 2. The summed E-state index contributed by atoms with van der Waals surface area (Å²) in [5.74, 6) is 0.361. The first-order valence-corrected chi connectivity index (χ1v) is 10.6. The van der Waals surface area contributed by atoms with Gasteiger partial charge in [0.05, 0.1) is 0 Å². The highest BCUT2D eigenvalue weighted by molar-refractivity contribution is 7.07. The first kappa shape index (κ1) is 18.2. The molecule has 6 nitrogen and oxygen atoms in total. The molecule has 2 aromatic heterocycles. The standard InChI is InChI=1S/C20H26N4O2S/c1-16(25)24(14-17-4-12-27-15-17)18-13-20(18)5-10-22(11-6-20)19(26)3-9-23-8-2-7-21-23/h2,4,7-8,12,15,18H,3,5-6,9-11,13-14H2,1H3. The van der Waals surface area contributed by atoms with Gasteiger partial charge in [0, 0.05) is 58.0 Å². The van der Waals surface area contributed by atoms with Crippen molar-refractivity contribution in [1.82, 2.24) is 19.6 Å². The van der Waals surface area contributed by atoms with Gasteiger partial charge in [-0.1, -0.05) is 0 Å². The van der Waals surface area contributed by atoms with Crippen LogP contribution in [0.3, 0.4) is 0 Å². The molecule has 1 spiro atoms. The monoisotopic (exact) mass is 386 g/mol. The number of likely N-dealkylation sites (tertiary alicyclic amines) is 1. The molecule has 1 saturated heterocycles. The maximum absolute atomic E-state index is 12.5. The Morgan fingerprint density at radius 2 is 2.19 bits per heavy atom. The van der Waals surface area contributed by atoms with Crippen molar-refractivity contribution in [2.45, 2.75) is 51.7 Å². The maximum atomic E-state index is 12.5. The summed E-state index contributed by atoms with van der Waals surface area (Å²) in [5.41, 5.74) is 1.43. The second-order valence-electron chi connectivity index (χ2n) is 7.76. The lowest BCUT2D eigenvalue weighted by molar-refractivity contribution is -0.134. The topological polar surface area (TPSA) is 58.4 Å². The summed E-state index contributed by atoms with van der Waals surface area (Å²) < 4.78 is 1.80. The molecule has 1 atom stereocenters. The largest absolute Gasteiger partial charge is 0.343 e. The molecular weight excluding hydrogens is 360 g/mol. The van der Waals surface area contributed by atoms with Crippen LogP contribution >= 0.6 is 11.3 Å². The number of thiophene rings is 1. The van der Waals surface area contributed by atoms with Crippen molar-refractivity contribution in [2.75, 3.05) is 13.1 Å². The summed E-state index contributed by atoms with van der Waals surface area (Å²) in [6, 6.07) is 4.30. The summed E-state index contributed by atoms with van der Waals surface area (Å²) >= 11 is 1.67. The van der Waals surface area contributed by atoms with E-state index in [2.05, 4.69) is 21.9 Å². The zero-order valence-electron chi connectivity index (χ0n) is 15.7. The molecule has 7 heteroatoms. The minimum Gasteiger partial charge on any atom is -0.343 e. The van der Waals surface area contributed by atoms with Crippen molar-refractivity contribution in [2.24, 2.45) is 5.41 Å². The molecule has 1 saturated carbocycles. The van der Waals surface area contributed by atoms with Crippen LogP contribution in [0, 0.1) is 5.41 Å². The Hall–Kier alpha value is -2.15. The number of nitrogens with zero attached hydrogens (tertiary/aromatic N) is 4. The lowest BCUT2D eigenvalue weighted by Crippen LogP contribution is -2.42. The molecule has 2 aromatic rings. The van der Waals surface area contributed by atoms with E-state index in [4.69, 9.17) is 0 Å². The van der Waals surface area contributed by atoms with Gasteiger partial charge < -0.3 is 9.80 Å². The van der Waals surface area contributed by atoms with Gasteiger partial charge in [0.2, 0.25) is 11.8 Å². The van der Waals surface area contributed by atoms with E-state index in [9.17, 15) is 9.59 Å². The van der Waals surface area contributed by atoms with Crippen LogP contribution in [0.2, 0.25) is 0 Å². The lowest BCUT2D eigenvalue weighted by Gasteiger charge is -2.34. The van der Waals surface area contributed by atoms with Crippen LogP contribution in [0.1, 0.15) is 38.2 Å². The zero-order chi connectivity index (χ0) is 18.9. The number of amides is 2. The van der Waals surface area contributed by atoms with Gasteiger partial charge in [-0.25, -0.2) is 0 Å². The Kier molecular flexibility index (Phi) is 5.04. The van der Waals surface area contributed by atoms with Crippen LogP contribution in [0.15, 0.2) is 35.3 Å². The van der Waals surface area contributed by atoms with Crippen LogP contribution in [0.25, 0.3) is 0 Å². The van der Waals surface area contributed by atoms with E-state index in [1.165, 1.54) is 5.56 Å².